The summed E-state index contributed by atoms with van der Waals surface area (Å²) in [5.41, 5.74) is 2.22. The number of Topliss-reactive ketones (excluding diaryl/α,β-unsaturated/α-hetero) is 1. The number of ether oxygens (including phenoxy) is 3. The fraction of sp³-hybridized carbons (Fsp3) is 0.273. The van der Waals surface area contributed by atoms with Gasteiger partial charge in [-0.3, -0.25) is 9.59 Å². The quantitative estimate of drug-likeness (QED) is 0.447. The van der Waals surface area contributed by atoms with Crippen molar-refractivity contribution in [2.75, 3.05) is 19.8 Å². The Balaban J connectivity index is 1.46. The molecule has 0 aliphatic heterocycles. The van der Waals surface area contributed by atoms with Crippen molar-refractivity contribution in [1.82, 2.24) is 4.98 Å². The Morgan fingerprint density at radius 2 is 1.64 bits per heavy atom. The molecule has 1 heterocycles. The van der Waals surface area contributed by atoms with Crippen molar-refractivity contribution in [3.05, 3.63) is 59.8 Å². The van der Waals surface area contributed by atoms with Crippen LogP contribution in [0.5, 0.6) is 11.5 Å². The summed E-state index contributed by atoms with van der Waals surface area (Å²) in [4.78, 5) is 27.6. The molecule has 0 amide bonds. The molecule has 0 saturated heterocycles. The van der Waals surface area contributed by atoms with Crippen molar-refractivity contribution in [3.8, 4) is 11.5 Å². The molecule has 28 heavy (non-hydrogen) atoms. The summed E-state index contributed by atoms with van der Waals surface area (Å²) < 4.78 is 16.0. The monoisotopic (exact) mass is 381 g/mol. The van der Waals surface area contributed by atoms with Crippen LogP contribution in [0.15, 0.2) is 48.5 Å². The lowest BCUT2D eigenvalue weighted by atomic mass is 10.1. The highest BCUT2D eigenvalue weighted by Crippen LogP contribution is 2.22. The normalized spacial score (nSPS) is 10.6. The van der Waals surface area contributed by atoms with Gasteiger partial charge in [-0.05, 0) is 44.2 Å². The summed E-state index contributed by atoms with van der Waals surface area (Å²) in [5.74, 6) is 0.703. The molecule has 0 radical (unpaired) electrons. The second kappa shape index (κ2) is 9.08. The fourth-order valence-corrected chi connectivity index (χ4v) is 2.98. The van der Waals surface area contributed by atoms with Gasteiger partial charge in [0, 0.05) is 22.2 Å². The number of H-pyrrole nitrogens is 1. The minimum Gasteiger partial charge on any atom is -0.494 e. The van der Waals surface area contributed by atoms with E-state index in [0.29, 0.717) is 17.9 Å². The Hall–Kier alpha value is -3.28. The zero-order valence-electron chi connectivity index (χ0n) is 16.0. The summed E-state index contributed by atoms with van der Waals surface area (Å²) in [7, 11) is 0. The first-order valence-corrected chi connectivity index (χ1v) is 9.20. The first-order valence-electron chi connectivity index (χ1n) is 9.20. The molecule has 6 heteroatoms. The molecule has 0 aliphatic carbocycles. The van der Waals surface area contributed by atoms with Crippen LogP contribution in [0.3, 0.4) is 0 Å². The van der Waals surface area contributed by atoms with Crippen LogP contribution in [0.2, 0.25) is 0 Å². The number of aryl methyl sites for hydroxylation is 1. The van der Waals surface area contributed by atoms with Crippen LogP contribution in [0.4, 0.5) is 0 Å². The maximum atomic E-state index is 12.5. The van der Waals surface area contributed by atoms with Crippen LogP contribution in [0.25, 0.3) is 10.9 Å². The minimum absolute atomic E-state index is 0.0629. The zero-order valence-corrected chi connectivity index (χ0v) is 16.0. The van der Waals surface area contributed by atoms with Gasteiger partial charge in [0.1, 0.15) is 11.5 Å². The number of aromatic amines is 1. The van der Waals surface area contributed by atoms with Gasteiger partial charge >= 0.3 is 5.97 Å². The van der Waals surface area contributed by atoms with Crippen molar-refractivity contribution in [3.63, 3.8) is 0 Å². The number of para-hydroxylation sites is 1. The van der Waals surface area contributed by atoms with E-state index in [1.165, 1.54) is 0 Å². The van der Waals surface area contributed by atoms with Crippen LogP contribution in [0.1, 0.15) is 29.4 Å². The second-order valence-corrected chi connectivity index (χ2v) is 6.26. The van der Waals surface area contributed by atoms with Crippen LogP contribution < -0.4 is 9.47 Å². The molecule has 146 valence electrons. The predicted molar refractivity (Wildman–Crippen MR) is 106 cm³/mol. The average molecular weight is 381 g/mol. The maximum Gasteiger partial charge on any atom is 0.309 e. The SMILES string of the molecule is CCOc1ccc(OCCC(=O)OCC(=O)c2c(C)[nH]c3ccccc23)cc1. The van der Waals surface area contributed by atoms with Gasteiger partial charge < -0.3 is 19.2 Å². The molecule has 1 N–H and O–H groups in total. The largest absolute Gasteiger partial charge is 0.494 e. The number of nitrogens with one attached hydrogen (secondary N) is 1. The van der Waals surface area contributed by atoms with E-state index in [-0.39, 0.29) is 25.4 Å². The number of hydrogen-bond donors (Lipinski definition) is 1. The van der Waals surface area contributed by atoms with Gasteiger partial charge in [-0.2, -0.15) is 0 Å². The van der Waals surface area contributed by atoms with E-state index >= 15 is 0 Å². The third-order valence-electron chi connectivity index (χ3n) is 4.25. The van der Waals surface area contributed by atoms with E-state index in [0.717, 1.165) is 22.3 Å². The highest BCUT2D eigenvalue weighted by Gasteiger charge is 2.17. The van der Waals surface area contributed by atoms with Crippen molar-refractivity contribution >= 4 is 22.7 Å². The Morgan fingerprint density at radius 3 is 2.36 bits per heavy atom. The standard InChI is InChI=1S/C22H23NO5/c1-3-26-16-8-10-17(11-9-16)27-13-12-21(25)28-14-20(24)22-15(2)23-19-7-5-4-6-18(19)22/h4-11,23H,3,12-14H2,1-2H3. The number of carbonyl (C=O) groups is 2. The lowest BCUT2D eigenvalue weighted by Crippen LogP contribution is -2.16. The van der Waals surface area contributed by atoms with E-state index in [1.54, 1.807) is 24.3 Å². The van der Waals surface area contributed by atoms with E-state index < -0.39 is 5.97 Å². The van der Waals surface area contributed by atoms with E-state index in [9.17, 15) is 9.59 Å². The first-order chi connectivity index (χ1) is 13.6. The van der Waals surface area contributed by atoms with Gasteiger partial charge in [0.15, 0.2) is 6.61 Å². The number of benzene rings is 2. The molecular formula is C22H23NO5. The Bertz CT molecular complexity index is 959. The smallest absolute Gasteiger partial charge is 0.309 e. The summed E-state index contributed by atoms with van der Waals surface area (Å²) in [6.07, 6.45) is 0.0629. The molecule has 1 aromatic heterocycles. The van der Waals surface area contributed by atoms with Crippen molar-refractivity contribution in [2.24, 2.45) is 0 Å². The topological polar surface area (TPSA) is 77.6 Å². The first kappa shape index (κ1) is 19.5. The van der Waals surface area contributed by atoms with Crippen LogP contribution in [-0.2, 0) is 9.53 Å². The van der Waals surface area contributed by atoms with Crippen molar-refractivity contribution < 1.29 is 23.8 Å². The third kappa shape index (κ3) is 4.71. The second-order valence-electron chi connectivity index (χ2n) is 6.26. The molecule has 0 bridgehead atoms. The average Bonchev–Trinajstić information content (AvgIpc) is 3.03. The number of ketones is 1. The number of rotatable bonds is 9. The number of fused-ring (bicyclic) bond motifs is 1. The highest BCUT2D eigenvalue weighted by molar-refractivity contribution is 6.10. The van der Waals surface area contributed by atoms with Crippen molar-refractivity contribution in [2.45, 2.75) is 20.3 Å². The number of carbonyl (C=O) groups excluding carboxylic acids is 2. The molecule has 3 aromatic rings. The summed E-state index contributed by atoms with van der Waals surface area (Å²) in [6.45, 7) is 4.24. The summed E-state index contributed by atoms with van der Waals surface area (Å²) >= 11 is 0. The van der Waals surface area contributed by atoms with Crippen molar-refractivity contribution in [1.29, 1.82) is 0 Å². The molecule has 3 rings (SSSR count). The predicted octanol–water partition coefficient (Wildman–Crippen LogP) is 4.07. The lowest BCUT2D eigenvalue weighted by Gasteiger charge is -2.08. The molecule has 0 spiro atoms. The molecule has 2 aromatic carbocycles. The molecule has 0 aliphatic rings. The minimum atomic E-state index is -0.475. The maximum absolute atomic E-state index is 12.5. The Labute approximate surface area is 163 Å². The highest BCUT2D eigenvalue weighted by atomic mass is 16.5. The fourth-order valence-electron chi connectivity index (χ4n) is 2.98. The zero-order chi connectivity index (χ0) is 19.9. The molecule has 6 nitrogen and oxygen atoms in total. The van der Waals surface area contributed by atoms with Gasteiger partial charge in [0.05, 0.1) is 19.6 Å². The molecule has 0 fully saturated rings. The molecule has 0 unspecified atom stereocenters. The Morgan fingerprint density at radius 1 is 0.964 bits per heavy atom. The van der Waals surface area contributed by atoms with E-state index in [4.69, 9.17) is 14.2 Å². The van der Waals surface area contributed by atoms with Gasteiger partial charge in [0.25, 0.3) is 0 Å². The van der Waals surface area contributed by atoms with Crippen LogP contribution in [0, 0.1) is 6.92 Å². The molecule has 0 atom stereocenters. The third-order valence-corrected chi connectivity index (χ3v) is 4.25. The van der Waals surface area contributed by atoms with Gasteiger partial charge in [-0.1, -0.05) is 18.2 Å². The molecule has 0 saturated carbocycles. The van der Waals surface area contributed by atoms with Gasteiger partial charge in [-0.25, -0.2) is 0 Å². The summed E-state index contributed by atoms with van der Waals surface area (Å²) in [6, 6.07) is 14.7. The van der Waals surface area contributed by atoms with Gasteiger partial charge in [0.2, 0.25) is 5.78 Å². The van der Waals surface area contributed by atoms with E-state index in [2.05, 4.69) is 4.98 Å². The number of aromatic nitrogens is 1. The van der Waals surface area contributed by atoms with E-state index in [1.807, 2.05) is 38.1 Å². The Kier molecular flexibility index (Phi) is 6.32. The van der Waals surface area contributed by atoms with Crippen LogP contribution in [-0.4, -0.2) is 36.6 Å². The number of hydrogen-bond acceptors (Lipinski definition) is 5. The molecular weight excluding hydrogens is 358 g/mol. The lowest BCUT2D eigenvalue weighted by molar-refractivity contribution is -0.143. The van der Waals surface area contributed by atoms with Gasteiger partial charge in [-0.15, -0.1) is 0 Å². The van der Waals surface area contributed by atoms with Crippen LogP contribution >= 0.6 is 0 Å². The summed E-state index contributed by atoms with van der Waals surface area (Å²) in [5, 5.41) is 0.833. The number of esters is 1.